The number of nitrogen functional groups attached to an aromatic ring is 1. The molecule has 0 aliphatic carbocycles. The Morgan fingerprint density at radius 1 is 0.933 bits per heavy atom. The van der Waals surface area contributed by atoms with Gasteiger partial charge in [-0.05, 0) is 48.1 Å². The number of phosphoric ester groups is 1. The molecule has 3 aliphatic rings. The molecular weight excluding hydrogens is 860 g/mol. The molecule has 0 radical (unpaired) electrons. The predicted molar refractivity (Wildman–Crippen MR) is 205 cm³/mol. The average molecular weight is 897 g/mol. The molecule has 7 N–H and O–H groups in total. The smallest absolute Gasteiger partial charge is 0.389 e. The highest BCUT2D eigenvalue weighted by atomic mass is 32.7. The monoisotopic (exact) mass is 896 g/mol. The van der Waals surface area contributed by atoms with Gasteiger partial charge in [0.25, 0.3) is 13.4 Å². The normalized spacial score (nSPS) is 30.7. The maximum atomic E-state index is 16.7. The summed E-state index contributed by atoms with van der Waals surface area (Å²) in [7, 11) is -5.55. The Morgan fingerprint density at radius 3 is 2.38 bits per heavy atom. The van der Waals surface area contributed by atoms with E-state index in [9.17, 15) is 28.4 Å². The highest BCUT2D eigenvalue weighted by Crippen LogP contribution is 2.64. The van der Waals surface area contributed by atoms with Crippen molar-refractivity contribution in [1.29, 1.82) is 0 Å². The Hall–Kier alpha value is -4.71. The maximum Gasteiger partial charge on any atom is 0.389 e. The molecule has 3 aliphatic heterocycles. The summed E-state index contributed by atoms with van der Waals surface area (Å²) in [6.07, 6.45) is -12.1. The van der Waals surface area contributed by atoms with E-state index in [1.165, 1.54) is 12.1 Å². The lowest BCUT2D eigenvalue weighted by molar-refractivity contribution is -0.236. The summed E-state index contributed by atoms with van der Waals surface area (Å²) in [4.78, 5) is 64.3. The minimum atomic E-state index is -5.55. The molecule has 0 spiro atoms. The molecule has 3 saturated heterocycles. The van der Waals surface area contributed by atoms with Crippen LogP contribution in [0.25, 0.3) is 11.2 Å². The number of nitrogens with two attached hydrogens (primary N) is 1. The fourth-order valence-electron chi connectivity index (χ4n) is 6.45. The van der Waals surface area contributed by atoms with Gasteiger partial charge in [0.05, 0.1) is 25.1 Å². The van der Waals surface area contributed by atoms with Crippen LogP contribution >= 0.6 is 26.0 Å². The number of ether oxygens (including phenoxy) is 3. The second kappa shape index (κ2) is 17.3. The number of quaternary nitrogens is 1. The third-order valence-corrected chi connectivity index (χ3v) is 14.0. The molecule has 60 heavy (non-hydrogen) atoms. The fourth-order valence-corrected chi connectivity index (χ4v) is 10.7. The van der Waals surface area contributed by atoms with Gasteiger partial charge in [0.1, 0.15) is 42.0 Å². The van der Waals surface area contributed by atoms with Gasteiger partial charge in [0, 0.05) is 18.0 Å². The Kier molecular flexibility index (Phi) is 12.5. The first kappa shape index (κ1) is 43.4. The van der Waals surface area contributed by atoms with Crippen LogP contribution in [-0.4, -0.2) is 85.0 Å². The molecule has 3 aromatic heterocycles. The summed E-state index contributed by atoms with van der Waals surface area (Å²) in [5.74, 6) is -0.529. The Bertz CT molecular complexity index is 2590. The molecule has 26 heteroatoms. The lowest BCUT2D eigenvalue weighted by Crippen LogP contribution is -2.38. The number of halogens is 2. The Morgan fingerprint density at radius 2 is 1.65 bits per heavy atom. The van der Waals surface area contributed by atoms with Gasteiger partial charge < -0.3 is 40.0 Å². The number of aromatic nitrogens is 6. The average Bonchev–Trinajstić information content (AvgIpc) is 3.86. The van der Waals surface area contributed by atoms with Crippen molar-refractivity contribution in [3.8, 4) is 5.75 Å². The number of carbonyl (C=O) groups is 1. The summed E-state index contributed by atoms with van der Waals surface area (Å²) in [6.45, 7) is -4.67. The number of fused-ring (bicyclic) bond motifs is 4. The van der Waals surface area contributed by atoms with Gasteiger partial charge >= 0.3 is 18.5 Å². The standard InChI is InChI=1S/C34H33F2N7O13P2S.H3N/c1-17-2-6-19(7-3-17)33(45)52-20-8-4-18(5-9-20)14-59-58(49)51-12-21-24(35)28(32(53-21)42-11-10-23(44)41-34(42)46)55-57(47,48)50-13-22-27(56-58)25(36)31(54-22)43-16-40-26-29(37)38-15-39-30(26)43;/h2-11,15-16,21-22,24-25,27-28,31-32H,12-14H2,1H3,(H,47,48)(H2,37,38,39)(H,41,44,46);1H3/t21-,22-,24-,25-,27-,28-,31-,32-,58-;/m1./s1. The molecule has 21 nitrogen and oxygen atoms in total. The number of nitrogens with one attached hydrogen (secondary N) is 1. The molecule has 1 unspecified atom stereocenters. The third kappa shape index (κ3) is 8.99. The van der Waals surface area contributed by atoms with Crippen molar-refractivity contribution >= 4 is 49.0 Å². The fraction of sp³-hybridized carbons (Fsp3) is 0.353. The van der Waals surface area contributed by atoms with Gasteiger partial charge in [-0.3, -0.25) is 32.5 Å². The molecular formula is C34H36F2N8O13P2S. The molecule has 320 valence electrons. The lowest BCUT2D eigenvalue weighted by atomic mass is 10.1. The number of aromatic amines is 1. The molecule has 10 atom stereocenters. The van der Waals surface area contributed by atoms with Crippen LogP contribution in [0.4, 0.5) is 14.6 Å². The molecule has 0 amide bonds. The summed E-state index contributed by atoms with van der Waals surface area (Å²) >= 11 is 0.573. The largest absolute Gasteiger partial charge is 0.756 e. The van der Waals surface area contributed by atoms with Crippen molar-refractivity contribution in [1.82, 2.24) is 35.2 Å². The van der Waals surface area contributed by atoms with Crippen molar-refractivity contribution in [3.63, 3.8) is 0 Å². The molecule has 5 aromatic rings. The molecule has 2 aromatic carbocycles. The van der Waals surface area contributed by atoms with Crippen molar-refractivity contribution in [2.45, 2.75) is 61.9 Å². The van der Waals surface area contributed by atoms with Gasteiger partial charge in [-0.1, -0.05) is 29.8 Å². The van der Waals surface area contributed by atoms with Gasteiger partial charge in [0.15, 0.2) is 36.3 Å². The number of alkyl halides is 2. The quantitative estimate of drug-likeness (QED) is 0.119. The van der Waals surface area contributed by atoms with Crippen molar-refractivity contribution in [3.05, 3.63) is 111 Å². The summed E-state index contributed by atoms with van der Waals surface area (Å²) < 4.78 is 101. The highest BCUT2D eigenvalue weighted by molar-refractivity contribution is 8.54. The van der Waals surface area contributed by atoms with Crippen LogP contribution in [0.15, 0.2) is 83.0 Å². The molecule has 3 fully saturated rings. The van der Waals surface area contributed by atoms with Crippen molar-refractivity contribution in [2.24, 2.45) is 0 Å². The zero-order valence-electron chi connectivity index (χ0n) is 31.3. The minimum absolute atomic E-state index is 0. The maximum absolute atomic E-state index is 16.7. The summed E-state index contributed by atoms with van der Waals surface area (Å²) in [5, 5.41) is 0. The van der Waals surface area contributed by atoms with E-state index in [1.54, 1.807) is 36.4 Å². The SMILES string of the molecule is Cc1ccc(C(=O)Oc2ccc(CS[P@]3(=O)OC[C@H]4O[C@@H](n5ccc(=O)[nH]c5=O)[C@H](OP(=O)([O-])OC[C@H]5O[C@@H](n6cnc7c(N)ncnc76)[C@H](F)[C@@H]5O3)[C@@H]4F)cc2)cc1.[NH4+]. The second-order valence-electron chi connectivity index (χ2n) is 13.4. The first-order valence-corrected chi connectivity index (χ1v) is 22.2. The van der Waals surface area contributed by atoms with E-state index < -0.39 is 94.3 Å². The van der Waals surface area contributed by atoms with Gasteiger partial charge in [-0.2, -0.15) is 0 Å². The first-order valence-electron chi connectivity index (χ1n) is 17.6. The van der Waals surface area contributed by atoms with E-state index in [0.717, 1.165) is 35.0 Å². The Balaban J connectivity index is 0.00000544. The van der Waals surface area contributed by atoms with Gasteiger partial charge in [0.2, 0.25) is 0 Å². The number of carbonyl (C=O) groups excluding carboxylic acids is 1. The van der Waals surface area contributed by atoms with Crippen LogP contribution in [0.5, 0.6) is 5.75 Å². The number of anilines is 1. The van der Waals surface area contributed by atoms with E-state index in [0.29, 0.717) is 27.1 Å². The Labute approximate surface area is 341 Å². The van der Waals surface area contributed by atoms with Crippen LogP contribution in [0.1, 0.15) is 33.9 Å². The molecule has 6 heterocycles. The van der Waals surface area contributed by atoms with Crippen LogP contribution in [-0.2, 0) is 42.5 Å². The number of rotatable bonds is 7. The number of H-pyrrole nitrogens is 1. The van der Waals surface area contributed by atoms with Gasteiger partial charge in [-0.15, -0.1) is 0 Å². The van der Waals surface area contributed by atoms with E-state index in [-0.39, 0.29) is 34.6 Å². The molecule has 2 bridgehead atoms. The predicted octanol–water partition coefficient (Wildman–Crippen LogP) is 3.66. The van der Waals surface area contributed by atoms with E-state index in [4.69, 9.17) is 38.0 Å². The van der Waals surface area contributed by atoms with Crippen molar-refractivity contribution < 1.29 is 59.9 Å². The minimum Gasteiger partial charge on any atom is -0.756 e. The topological polar surface area (TPSA) is 300 Å². The van der Waals surface area contributed by atoms with E-state index in [2.05, 4.69) is 15.0 Å². The zero-order chi connectivity index (χ0) is 41.6. The number of aryl methyl sites for hydroxylation is 1. The second-order valence-corrected chi connectivity index (χ2v) is 18.8. The lowest BCUT2D eigenvalue weighted by Gasteiger charge is -2.31. The zero-order valence-corrected chi connectivity index (χ0v) is 34.0. The van der Waals surface area contributed by atoms with Crippen LogP contribution in [0.2, 0.25) is 0 Å². The number of nitrogens with zero attached hydrogens (tertiary/aromatic N) is 5. The highest BCUT2D eigenvalue weighted by Gasteiger charge is 2.54. The third-order valence-electron chi connectivity index (χ3n) is 9.42. The van der Waals surface area contributed by atoms with Crippen LogP contribution < -0.4 is 32.8 Å². The first-order chi connectivity index (χ1) is 28.2. The number of phosphoric acid groups is 1. The molecule has 8 rings (SSSR count). The van der Waals surface area contributed by atoms with Crippen molar-refractivity contribution in [2.75, 3.05) is 18.9 Å². The number of imidazole rings is 1. The van der Waals surface area contributed by atoms with Crippen LogP contribution in [0.3, 0.4) is 0 Å². The summed E-state index contributed by atoms with van der Waals surface area (Å²) in [6, 6.07) is 13.8. The number of hydrogen-bond donors (Lipinski definition) is 3. The van der Waals surface area contributed by atoms with E-state index >= 15 is 8.78 Å². The summed E-state index contributed by atoms with van der Waals surface area (Å²) in [5.41, 5.74) is 5.97. The van der Waals surface area contributed by atoms with Gasteiger partial charge in [-0.25, -0.2) is 37.9 Å². The number of hydrogen-bond acceptors (Lipinski definition) is 18. The number of esters is 1. The number of benzene rings is 2. The van der Waals surface area contributed by atoms with E-state index in [1.807, 2.05) is 11.9 Å². The molecule has 0 saturated carbocycles. The van der Waals surface area contributed by atoms with Crippen LogP contribution in [0, 0.1) is 6.92 Å².